The summed E-state index contributed by atoms with van der Waals surface area (Å²) in [5, 5.41) is 2.14. The van der Waals surface area contributed by atoms with Crippen LogP contribution in [-0.2, 0) is 6.42 Å². The van der Waals surface area contributed by atoms with Crippen LogP contribution in [0.1, 0.15) is 32.8 Å². The van der Waals surface area contributed by atoms with Crippen molar-refractivity contribution in [1.29, 1.82) is 0 Å². The minimum atomic E-state index is 0.209. The monoisotopic (exact) mass is 312 g/mol. The van der Waals surface area contributed by atoms with Crippen LogP contribution in [0.25, 0.3) is 0 Å². The van der Waals surface area contributed by atoms with E-state index in [1.165, 1.54) is 11.3 Å². The molecule has 1 aliphatic rings. The standard InChI is InChI=1S/C16H25ClN2S/c1-4-15(18)8-13-7-14(17)5-6-16(13)19-9-11(2)20-12(3)10-19/h5-7,11-12,15H,4,8-10,18H2,1-3H3. The first-order chi connectivity index (χ1) is 9.49. The normalized spacial score (nSPS) is 24.8. The van der Waals surface area contributed by atoms with Gasteiger partial charge in [0.05, 0.1) is 0 Å². The lowest BCUT2D eigenvalue weighted by Gasteiger charge is -2.37. The zero-order chi connectivity index (χ0) is 14.7. The van der Waals surface area contributed by atoms with Gasteiger partial charge in [0.25, 0.3) is 0 Å². The Bertz CT molecular complexity index is 442. The highest BCUT2D eigenvalue weighted by Gasteiger charge is 2.24. The van der Waals surface area contributed by atoms with Gasteiger partial charge in [0.15, 0.2) is 0 Å². The molecule has 0 radical (unpaired) electrons. The van der Waals surface area contributed by atoms with E-state index in [-0.39, 0.29) is 6.04 Å². The van der Waals surface area contributed by atoms with Gasteiger partial charge < -0.3 is 10.6 Å². The van der Waals surface area contributed by atoms with Gasteiger partial charge in [0, 0.05) is 40.3 Å². The maximum absolute atomic E-state index is 6.18. The lowest BCUT2D eigenvalue weighted by Crippen LogP contribution is -2.41. The van der Waals surface area contributed by atoms with Gasteiger partial charge in [-0.3, -0.25) is 0 Å². The van der Waals surface area contributed by atoms with Crippen molar-refractivity contribution >= 4 is 29.1 Å². The Morgan fingerprint density at radius 1 is 1.35 bits per heavy atom. The first-order valence-electron chi connectivity index (χ1n) is 7.44. The average molecular weight is 313 g/mol. The van der Waals surface area contributed by atoms with Crippen molar-refractivity contribution < 1.29 is 0 Å². The topological polar surface area (TPSA) is 29.3 Å². The predicted molar refractivity (Wildman–Crippen MR) is 92.2 cm³/mol. The minimum absolute atomic E-state index is 0.209. The Kier molecular flexibility index (Phi) is 5.65. The molecule has 1 aromatic rings. The van der Waals surface area contributed by atoms with Crippen molar-refractivity contribution in [2.75, 3.05) is 18.0 Å². The first-order valence-corrected chi connectivity index (χ1v) is 8.76. The number of anilines is 1. The zero-order valence-corrected chi connectivity index (χ0v) is 14.2. The highest BCUT2D eigenvalue weighted by molar-refractivity contribution is 8.00. The van der Waals surface area contributed by atoms with Crippen LogP contribution in [-0.4, -0.2) is 29.6 Å². The molecule has 112 valence electrons. The van der Waals surface area contributed by atoms with E-state index in [0.29, 0.717) is 10.5 Å². The highest BCUT2D eigenvalue weighted by atomic mass is 35.5. The fourth-order valence-corrected chi connectivity index (χ4v) is 4.35. The summed E-state index contributed by atoms with van der Waals surface area (Å²) >= 11 is 8.25. The zero-order valence-electron chi connectivity index (χ0n) is 12.6. The largest absolute Gasteiger partial charge is 0.369 e. The summed E-state index contributed by atoms with van der Waals surface area (Å²) in [6, 6.07) is 6.45. The first kappa shape index (κ1) is 16.0. The van der Waals surface area contributed by atoms with E-state index in [1.54, 1.807) is 0 Å². The van der Waals surface area contributed by atoms with Crippen molar-refractivity contribution in [2.24, 2.45) is 5.73 Å². The van der Waals surface area contributed by atoms with E-state index in [4.69, 9.17) is 17.3 Å². The number of hydrogen-bond acceptors (Lipinski definition) is 3. The summed E-state index contributed by atoms with van der Waals surface area (Å²) < 4.78 is 0. The number of rotatable bonds is 4. The van der Waals surface area contributed by atoms with Crippen LogP contribution < -0.4 is 10.6 Å². The van der Waals surface area contributed by atoms with E-state index in [2.05, 4.69) is 49.6 Å². The summed E-state index contributed by atoms with van der Waals surface area (Å²) in [4.78, 5) is 2.50. The average Bonchev–Trinajstić information content (AvgIpc) is 2.37. The maximum atomic E-state index is 6.18. The maximum Gasteiger partial charge on any atom is 0.0410 e. The second kappa shape index (κ2) is 7.06. The number of benzene rings is 1. The van der Waals surface area contributed by atoms with Gasteiger partial charge in [-0.25, -0.2) is 0 Å². The molecule has 0 amide bonds. The molecule has 0 saturated carbocycles. The van der Waals surface area contributed by atoms with E-state index >= 15 is 0 Å². The minimum Gasteiger partial charge on any atom is -0.369 e. The van der Waals surface area contributed by atoms with Crippen molar-refractivity contribution in [3.8, 4) is 0 Å². The van der Waals surface area contributed by atoms with Crippen molar-refractivity contribution in [3.05, 3.63) is 28.8 Å². The van der Waals surface area contributed by atoms with Crippen molar-refractivity contribution in [1.82, 2.24) is 0 Å². The lowest BCUT2D eigenvalue weighted by molar-refractivity contribution is 0.641. The molecule has 0 bridgehead atoms. The predicted octanol–water partition coefficient (Wildman–Crippen LogP) is 3.95. The van der Waals surface area contributed by atoms with Gasteiger partial charge >= 0.3 is 0 Å². The third-order valence-electron chi connectivity index (χ3n) is 3.81. The summed E-state index contributed by atoms with van der Waals surface area (Å²) in [5.41, 5.74) is 8.75. The molecule has 1 heterocycles. The van der Waals surface area contributed by atoms with Gasteiger partial charge in [0.2, 0.25) is 0 Å². The fraction of sp³-hybridized carbons (Fsp3) is 0.625. The highest BCUT2D eigenvalue weighted by Crippen LogP contribution is 2.32. The lowest BCUT2D eigenvalue weighted by atomic mass is 10.0. The Morgan fingerprint density at radius 2 is 2.00 bits per heavy atom. The molecule has 1 aromatic carbocycles. The third kappa shape index (κ3) is 4.06. The van der Waals surface area contributed by atoms with E-state index in [9.17, 15) is 0 Å². The van der Waals surface area contributed by atoms with Crippen molar-refractivity contribution in [3.63, 3.8) is 0 Å². The Hall–Kier alpha value is -0.380. The molecule has 4 heteroatoms. The Balaban J connectivity index is 2.25. The molecule has 2 nitrogen and oxygen atoms in total. The molecule has 1 saturated heterocycles. The second-order valence-electron chi connectivity index (χ2n) is 5.81. The quantitative estimate of drug-likeness (QED) is 0.912. The van der Waals surface area contributed by atoms with Crippen LogP contribution in [0.3, 0.4) is 0 Å². The van der Waals surface area contributed by atoms with Crippen LogP contribution >= 0.6 is 23.4 Å². The molecule has 20 heavy (non-hydrogen) atoms. The summed E-state index contributed by atoms with van der Waals surface area (Å²) in [6.07, 6.45) is 1.90. The smallest absolute Gasteiger partial charge is 0.0410 e. The number of halogens is 1. The summed E-state index contributed by atoms with van der Waals surface area (Å²) in [7, 11) is 0. The van der Waals surface area contributed by atoms with Gasteiger partial charge in [-0.1, -0.05) is 32.4 Å². The Labute approximate surface area is 132 Å². The molecule has 2 rings (SSSR count). The third-order valence-corrected chi connectivity index (χ3v) is 5.27. The summed E-state index contributed by atoms with van der Waals surface area (Å²) in [6.45, 7) is 8.95. The second-order valence-corrected chi connectivity index (χ2v) is 8.13. The van der Waals surface area contributed by atoms with Gasteiger partial charge in [0.1, 0.15) is 0 Å². The molecule has 1 fully saturated rings. The van der Waals surface area contributed by atoms with Crippen LogP contribution in [0, 0.1) is 0 Å². The molecule has 3 atom stereocenters. The van der Waals surface area contributed by atoms with Crippen LogP contribution in [0.2, 0.25) is 5.02 Å². The molecular formula is C16H25ClN2S. The van der Waals surface area contributed by atoms with E-state index in [1.807, 2.05) is 6.07 Å². The number of nitrogens with zero attached hydrogens (tertiary/aromatic N) is 1. The van der Waals surface area contributed by atoms with E-state index in [0.717, 1.165) is 31.0 Å². The molecule has 0 spiro atoms. The number of hydrogen-bond donors (Lipinski definition) is 1. The van der Waals surface area contributed by atoms with E-state index < -0.39 is 0 Å². The summed E-state index contributed by atoms with van der Waals surface area (Å²) in [5.74, 6) is 0. The van der Waals surface area contributed by atoms with Crippen LogP contribution in [0.15, 0.2) is 18.2 Å². The van der Waals surface area contributed by atoms with Gasteiger partial charge in [-0.2, -0.15) is 11.8 Å². The van der Waals surface area contributed by atoms with Gasteiger partial charge in [-0.15, -0.1) is 0 Å². The number of nitrogens with two attached hydrogens (primary N) is 1. The number of thioether (sulfide) groups is 1. The molecule has 3 unspecified atom stereocenters. The van der Waals surface area contributed by atoms with Crippen LogP contribution in [0.5, 0.6) is 0 Å². The SMILES string of the molecule is CCC(N)Cc1cc(Cl)ccc1N1CC(C)SC(C)C1. The van der Waals surface area contributed by atoms with Crippen LogP contribution in [0.4, 0.5) is 5.69 Å². The molecule has 0 aromatic heterocycles. The fourth-order valence-electron chi connectivity index (χ4n) is 2.83. The molecular weight excluding hydrogens is 288 g/mol. The van der Waals surface area contributed by atoms with Crippen molar-refractivity contribution in [2.45, 2.75) is 50.2 Å². The Morgan fingerprint density at radius 3 is 2.60 bits per heavy atom. The molecule has 1 aliphatic heterocycles. The molecule has 0 aliphatic carbocycles. The van der Waals surface area contributed by atoms with Gasteiger partial charge in [-0.05, 0) is 36.6 Å². The molecule has 2 N–H and O–H groups in total.